The highest BCUT2D eigenvalue weighted by Gasteiger charge is 2.27. The normalized spacial score (nSPS) is 14.6. The number of hydrogen-bond acceptors (Lipinski definition) is 3. The Morgan fingerprint density at radius 2 is 2.12 bits per heavy atom. The third-order valence-corrected chi connectivity index (χ3v) is 4.95. The molecule has 0 amide bonds. The minimum atomic E-state index is 0.0450. The second kappa shape index (κ2) is 4.81. The van der Waals surface area contributed by atoms with E-state index in [1.807, 2.05) is 22.8 Å². The minimum Gasteiger partial charge on any atom is -0.496 e. The lowest BCUT2D eigenvalue weighted by Crippen LogP contribution is -2.26. The van der Waals surface area contributed by atoms with Gasteiger partial charge < -0.3 is 9.30 Å². The molecule has 3 aromatic rings. The number of fused-ring (bicyclic) bond motifs is 5. The van der Waals surface area contributed by atoms with E-state index in [1.165, 1.54) is 0 Å². The zero-order valence-electron chi connectivity index (χ0n) is 13.4. The highest BCUT2D eigenvalue weighted by Crippen LogP contribution is 2.35. The molecule has 0 saturated carbocycles. The highest BCUT2D eigenvalue weighted by atomic mass is 16.5. The maximum absolute atomic E-state index is 13.0. The van der Waals surface area contributed by atoms with Gasteiger partial charge in [0.15, 0.2) is 0 Å². The standard InChI is InChI=1S/C20H16N2O2/c1-2-12-10-24-11-16-15(12)8-18-19-14(9-22(18)20(16)23)7-13-5-3-4-6-17(13)21-19/h3-8,10H,2,9,11H2,1H3. The first-order valence-electron chi connectivity index (χ1n) is 8.23. The van der Waals surface area contributed by atoms with Crippen molar-refractivity contribution >= 4 is 16.5 Å². The van der Waals surface area contributed by atoms with E-state index in [9.17, 15) is 4.79 Å². The molecule has 5 rings (SSSR count). The van der Waals surface area contributed by atoms with Gasteiger partial charge >= 0.3 is 0 Å². The average molecular weight is 316 g/mol. The van der Waals surface area contributed by atoms with Crippen LogP contribution in [0.4, 0.5) is 0 Å². The van der Waals surface area contributed by atoms with E-state index in [-0.39, 0.29) is 5.56 Å². The van der Waals surface area contributed by atoms with Gasteiger partial charge in [-0.1, -0.05) is 25.1 Å². The molecule has 24 heavy (non-hydrogen) atoms. The van der Waals surface area contributed by atoms with Gasteiger partial charge in [-0.3, -0.25) is 4.79 Å². The molecule has 4 heterocycles. The Hall–Kier alpha value is -2.88. The second-order valence-corrected chi connectivity index (χ2v) is 6.31. The van der Waals surface area contributed by atoms with Gasteiger partial charge in [-0.15, -0.1) is 0 Å². The molecule has 0 N–H and O–H groups in total. The van der Waals surface area contributed by atoms with Crippen molar-refractivity contribution < 1.29 is 4.74 Å². The molecule has 118 valence electrons. The number of aromatic nitrogens is 2. The lowest BCUT2D eigenvalue weighted by atomic mass is 9.97. The van der Waals surface area contributed by atoms with E-state index in [1.54, 1.807) is 6.26 Å². The van der Waals surface area contributed by atoms with Crippen LogP contribution in [-0.2, 0) is 17.9 Å². The van der Waals surface area contributed by atoms with E-state index in [0.29, 0.717) is 13.2 Å². The number of nitrogens with zero attached hydrogens (tertiary/aromatic N) is 2. The van der Waals surface area contributed by atoms with Gasteiger partial charge in [-0.25, -0.2) is 4.98 Å². The first kappa shape index (κ1) is 13.5. The molecule has 0 aliphatic carbocycles. The SMILES string of the molecule is CCC1=COCc2c1cc1n(c2=O)Cc2cc3ccccc3nc2-1. The monoisotopic (exact) mass is 316 g/mol. The molecule has 0 bridgehead atoms. The maximum atomic E-state index is 13.0. The van der Waals surface area contributed by atoms with Crippen molar-refractivity contribution in [2.24, 2.45) is 0 Å². The number of rotatable bonds is 1. The van der Waals surface area contributed by atoms with Gasteiger partial charge in [-0.05, 0) is 35.8 Å². The predicted molar refractivity (Wildman–Crippen MR) is 93.6 cm³/mol. The summed E-state index contributed by atoms with van der Waals surface area (Å²) in [6.45, 7) is 3.01. The van der Waals surface area contributed by atoms with Crippen LogP contribution < -0.4 is 5.56 Å². The molecule has 0 unspecified atom stereocenters. The van der Waals surface area contributed by atoms with Crippen LogP contribution in [0.1, 0.15) is 30.0 Å². The molecule has 0 fully saturated rings. The van der Waals surface area contributed by atoms with Gasteiger partial charge in [-0.2, -0.15) is 0 Å². The Morgan fingerprint density at radius 3 is 3.00 bits per heavy atom. The first-order valence-corrected chi connectivity index (χ1v) is 8.23. The molecular weight excluding hydrogens is 300 g/mol. The van der Waals surface area contributed by atoms with Crippen LogP contribution in [0.15, 0.2) is 47.5 Å². The quantitative estimate of drug-likeness (QED) is 0.538. The second-order valence-electron chi connectivity index (χ2n) is 6.31. The third kappa shape index (κ3) is 1.74. The molecule has 0 spiro atoms. The van der Waals surface area contributed by atoms with E-state index in [2.05, 4.69) is 25.1 Å². The summed E-state index contributed by atoms with van der Waals surface area (Å²) >= 11 is 0. The van der Waals surface area contributed by atoms with Crippen molar-refractivity contribution in [1.82, 2.24) is 9.55 Å². The lowest BCUT2D eigenvalue weighted by Gasteiger charge is -2.19. The number of allylic oxidation sites excluding steroid dienone is 1. The summed E-state index contributed by atoms with van der Waals surface area (Å²) in [6.07, 6.45) is 2.62. The van der Waals surface area contributed by atoms with Crippen molar-refractivity contribution in [2.45, 2.75) is 26.5 Å². The largest absolute Gasteiger partial charge is 0.496 e. The van der Waals surface area contributed by atoms with Crippen molar-refractivity contribution in [3.63, 3.8) is 0 Å². The van der Waals surface area contributed by atoms with E-state index in [4.69, 9.17) is 9.72 Å². The average Bonchev–Trinajstić information content (AvgIpc) is 2.97. The Labute approximate surface area is 139 Å². The van der Waals surface area contributed by atoms with Crippen LogP contribution in [0.3, 0.4) is 0 Å². The molecule has 1 aromatic carbocycles. The van der Waals surface area contributed by atoms with Crippen molar-refractivity contribution in [3.8, 4) is 11.4 Å². The number of pyridine rings is 2. The van der Waals surface area contributed by atoms with Gasteiger partial charge in [0.2, 0.25) is 0 Å². The molecule has 4 heteroatoms. The van der Waals surface area contributed by atoms with Crippen LogP contribution in [0.25, 0.3) is 27.9 Å². The summed E-state index contributed by atoms with van der Waals surface area (Å²) in [5, 5.41) is 1.11. The van der Waals surface area contributed by atoms with E-state index < -0.39 is 0 Å². The first-order chi connectivity index (χ1) is 11.8. The van der Waals surface area contributed by atoms with Crippen molar-refractivity contribution in [2.75, 3.05) is 0 Å². The molecular formula is C20H16N2O2. The Kier molecular flexibility index (Phi) is 2.71. The molecule has 2 aliphatic rings. The number of ether oxygens (including phenoxy) is 1. The number of benzene rings is 1. The van der Waals surface area contributed by atoms with E-state index in [0.717, 1.165) is 51.0 Å². The lowest BCUT2D eigenvalue weighted by molar-refractivity contribution is 0.230. The van der Waals surface area contributed by atoms with Gasteiger partial charge in [0.05, 0.1) is 35.3 Å². The van der Waals surface area contributed by atoms with Crippen LogP contribution in [-0.4, -0.2) is 9.55 Å². The fraction of sp³-hybridized carbons (Fsp3) is 0.200. The van der Waals surface area contributed by atoms with E-state index >= 15 is 0 Å². The molecule has 4 nitrogen and oxygen atoms in total. The Morgan fingerprint density at radius 1 is 1.25 bits per heavy atom. The smallest absolute Gasteiger partial charge is 0.258 e. The van der Waals surface area contributed by atoms with Gasteiger partial charge in [0.25, 0.3) is 5.56 Å². The van der Waals surface area contributed by atoms with Crippen molar-refractivity contribution in [1.29, 1.82) is 0 Å². The summed E-state index contributed by atoms with van der Waals surface area (Å²) in [4.78, 5) is 17.8. The summed E-state index contributed by atoms with van der Waals surface area (Å²) in [5.41, 5.74) is 6.81. The molecule has 2 aromatic heterocycles. The fourth-order valence-corrected chi connectivity index (χ4v) is 3.70. The molecule has 0 saturated heterocycles. The van der Waals surface area contributed by atoms with Crippen LogP contribution in [0.5, 0.6) is 0 Å². The predicted octanol–water partition coefficient (Wildman–Crippen LogP) is 3.71. The fourth-order valence-electron chi connectivity index (χ4n) is 3.70. The van der Waals surface area contributed by atoms with Gasteiger partial charge in [0.1, 0.15) is 6.61 Å². The zero-order valence-corrected chi connectivity index (χ0v) is 13.4. The van der Waals surface area contributed by atoms with Crippen LogP contribution in [0.2, 0.25) is 0 Å². The maximum Gasteiger partial charge on any atom is 0.258 e. The summed E-state index contributed by atoms with van der Waals surface area (Å²) in [5.74, 6) is 0. The Bertz CT molecular complexity index is 1090. The van der Waals surface area contributed by atoms with Crippen LogP contribution in [0, 0.1) is 0 Å². The summed E-state index contributed by atoms with van der Waals surface area (Å²) in [7, 11) is 0. The van der Waals surface area contributed by atoms with Crippen LogP contribution >= 0.6 is 0 Å². The highest BCUT2D eigenvalue weighted by molar-refractivity contribution is 5.84. The summed E-state index contributed by atoms with van der Waals surface area (Å²) < 4.78 is 7.32. The number of para-hydroxylation sites is 1. The van der Waals surface area contributed by atoms with Gasteiger partial charge in [0, 0.05) is 10.9 Å². The number of hydrogen-bond donors (Lipinski definition) is 0. The Balaban J connectivity index is 1.81. The zero-order chi connectivity index (χ0) is 16.3. The molecule has 2 aliphatic heterocycles. The molecule has 0 radical (unpaired) electrons. The summed E-state index contributed by atoms with van der Waals surface area (Å²) in [6, 6.07) is 12.3. The molecule has 0 atom stereocenters. The third-order valence-electron chi connectivity index (χ3n) is 4.95. The van der Waals surface area contributed by atoms with Crippen molar-refractivity contribution in [3.05, 3.63) is 69.7 Å². The minimum absolute atomic E-state index is 0.0450. The topological polar surface area (TPSA) is 44.1 Å².